The highest BCUT2D eigenvalue weighted by atomic mass is 16.5. The summed E-state index contributed by atoms with van der Waals surface area (Å²) in [5, 5.41) is 7.54. The molecule has 1 fully saturated rings. The van der Waals surface area contributed by atoms with Gasteiger partial charge in [0, 0.05) is 18.0 Å². The van der Waals surface area contributed by atoms with Crippen molar-refractivity contribution in [2.24, 2.45) is 10.7 Å². The molecule has 1 saturated carbocycles. The third-order valence-electron chi connectivity index (χ3n) is 4.64. The van der Waals surface area contributed by atoms with Gasteiger partial charge < -0.3 is 15.6 Å². The van der Waals surface area contributed by atoms with Gasteiger partial charge >= 0.3 is 0 Å². The number of aliphatic imine (C=N–C) groups is 1. The van der Waals surface area contributed by atoms with E-state index in [1.165, 1.54) is 56.9 Å². The van der Waals surface area contributed by atoms with Crippen molar-refractivity contribution in [2.45, 2.75) is 76.8 Å². The van der Waals surface area contributed by atoms with Crippen molar-refractivity contribution in [1.29, 1.82) is 0 Å². The number of aryl methyl sites for hydroxylation is 1. The van der Waals surface area contributed by atoms with E-state index in [9.17, 15) is 0 Å². The maximum Gasteiger partial charge on any atom is 0.189 e. The van der Waals surface area contributed by atoms with Crippen LogP contribution in [0.25, 0.3) is 0 Å². The zero-order valence-corrected chi connectivity index (χ0v) is 12.7. The summed E-state index contributed by atoms with van der Waals surface area (Å²) in [5.74, 6) is 1.61. The molecule has 3 N–H and O–H groups in total. The molecule has 1 aromatic rings. The average molecular weight is 290 g/mol. The van der Waals surface area contributed by atoms with Gasteiger partial charge in [-0.15, -0.1) is 0 Å². The summed E-state index contributed by atoms with van der Waals surface area (Å²) in [7, 11) is 0. The molecule has 0 bridgehead atoms. The topological polar surface area (TPSA) is 76.4 Å². The Morgan fingerprint density at radius 3 is 2.71 bits per heavy atom. The molecule has 3 rings (SSSR count). The molecule has 2 aliphatic carbocycles. The van der Waals surface area contributed by atoms with E-state index in [0.717, 1.165) is 24.3 Å². The molecule has 2 aliphatic rings. The first-order chi connectivity index (χ1) is 10.3. The smallest absolute Gasteiger partial charge is 0.189 e. The SMILES string of the molecule is NC(=NCc1noc2c1CCCC2)NC1CCCCCC1. The maximum atomic E-state index is 6.03. The average Bonchev–Trinajstić information content (AvgIpc) is 2.74. The summed E-state index contributed by atoms with van der Waals surface area (Å²) in [6.07, 6.45) is 12.2. The van der Waals surface area contributed by atoms with Gasteiger partial charge in [-0.2, -0.15) is 0 Å². The largest absolute Gasteiger partial charge is 0.370 e. The highest BCUT2D eigenvalue weighted by molar-refractivity contribution is 5.78. The third kappa shape index (κ3) is 3.77. The van der Waals surface area contributed by atoms with Crippen LogP contribution in [0, 0.1) is 0 Å². The summed E-state index contributed by atoms with van der Waals surface area (Å²) in [5.41, 5.74) is 8.27. The number of hydrogen-bond donors (Lipinski definition) is 2. The van der Waals surface area contributed by atoms with E-state index in [0.29, 0.717) is 18.5 Å². The van der Waals surface area contributed by atoms with Gasteiger partial charge in [-0.3, -0.25) is 0 Å². The Morgan fingerprint density at radius 1 is 1.14 bits per heavy atom. The van der Waals surface area contributed by atoms with Crippen molar-refractivity contribution in [1.82, 2.24) is 10.5 Å². The fourth-order valence-electron chi connectivity index (χ4n) is 3.41. The molecule has 0 spiro atoms. The first kappa shape index (κ1) is 14.4. The summed E-state index contributed by atoms with van der Waals surface area (Å²) < 4.78 is 5.41. The lowest BCUT2D eigenvalue weighted by molar-refractivity contribution is 0.368. The number of fused-ring (bicyclic) bond motifs is 1. The lowest BCUT2D eigenvalue weighted by Crippen LogP contribution is -2.39. The highest BCUT2D eigenvalue weighted by Crippen LogP contribution is 2.24. The molecule has 0 atom stereocenters. The number of nitrogens with zero attached hydrogens (tertiary/aromatic N) is 2. The zero-order chi connectivity index (χ0) is 14.5. The standard InChI is InChI=1S/C16H26N4O/c17-16(19-12-7-3-1-2-4-8-12)18-11-14-13-9-5-6-10-15(13)21-20-14/h12H,1-11H2,(H3,17,18,19). The minimum Gasteiger partial charge on any atom is -0.370 e. The first-order valence-electron chi connectivity index (χ1n) is 8.35. The molecule has 1 heterocycles. The van der Waals surface area contributed by atoms with E-state index in [1.807, 2.05) is 0 Å². The van der Waals surface area contributed by atoms with Crippen molar-refractivity contribution >= 4 is 5.96 Å². The van der Waals surface area contributed by atoms with Crippen LogP contribution in [0.2, 0.25) is 0 Å². The molecular weight excluding hydrogens is 264 g/mol. The van der Waals surface area contributed by atoms with Crippen LogP contribution in [-0.4, -0.2) is 17.2 Å². The molecule has 116 valence electrons. The zero-order valence-electron chi connectivity index (χ0n) is 12.7. The van der Waals surface area contributed by atoms with Crippen LogP contribution in [-0.2, 0) is 19.4 Å². The van der Waals surface area contributed by atoms with E-state index in [1.54, 1.807) is 0 Å². The molecule has 5 heteroatoms. The third-order valence-corrected chi connectivity index (χ3v) is 4.64. The summed E-state index contributed by atoms with van der Waals surface area (Å²) in [6, 6.07) is 0.488. The molecule has 0 saturated heterocycles. The van der Waals surface area contributed by atoms with Gasteiger partial charge in [0.25, 0.3) is 0 Å². The van der Waals surface area contributed by atoms with Crippen molar-refractivity contribution in [2.75, 3.05) is 0 Å². The van der Waals surface area contributed by atoms with Crippen LogP contribution in [0.3, 0.4) is 0 Å². The van der Waals surface area contributed by atoms with Crippen molar-refractivity contribution in [3.63, 3.8) is 0 Å². The van der Waals surface area contributed by atoms with Crippen molar-refractivity contribution in [3.8, 4) is 0 Å². The van der Waals surface area contributed by atoms with Crippen LogP contribution in [0.15, 0.2) is 9.52 Å². The van der Waals surface area contributed by atoms with Gasteiger partial charge in [0.05, 0.1) is 6.54 Å². The Bertz CT molecular complexity index is 486. The Hall–Kier alpha value is -1.52. The fraction of sp³-hybridized carbons (Fsp3) is 0.750. The number of nitrogens with one attached hydrogen (secondary N) is 1. The fourth-order valence-corrected chi connectivity index (χ4v) is 3.41. The van der Waals surface area contributed by atoms with Crippen LogP contribution < -0.4 is 11.1 Å². The lowest BCUT2D eigenvalue weighted by atomic mass is 9.96. The van der Waals surface area contributed by atoms with Gasteiger partial charge in [0.1, 0.15) is 11.5 Å². The first-order valence-corrected chi connectivity index (χ1v) is 8.35. The molecule has 0 radical (unpaired) electrons. The summed E-state index contributed by atoms with van der Waals surface area (Å²) >= 11 is 0. The molecule has 21 heavy (non-hydrogen) atoms. The summed E-state index contributed by atoms with van der Waals surface area (Å²) in [6.45, 7) is 0.532. The molecule has 5 nitrogen and oxygen atoms in total. The number of hydrogen-bond acceptors (Lipinski definition) is 3. The van der Waals surface area contributed by atoms with Crippen molar-refractivity contribution < 1.29 is 4.52 Å². The minimum absolute atomic E-state index is 0.488. The normalized spacial score (nSPS) is 20.9. The summed E-state index contributed by atoms with van der Waals surface area (Å²) in [4.78, 5) is 4.46. The molecule has 0 aliphatic heterocycles. The Morgan fingerprint density at radius 2 is 1.90 bits per heavy atom. The van der Waals surface area contributed by atoms with E-state index >= 15 is 0 Å². The van der Waals surface area contributed by atoms with Crippen LogP contribution in [0.1, 0.15) is 68.4 Å². The Balaban J connectivity index is 1.56. The van der Waals surface area contributed by atoms with Crippen LogP contribution in [0.4, 0.5) is 0 Å². The van der Waals surface area contributed by atoms with E-state index in [-0.39, 0.29) is 0 Å². The van der Waals surface area contributed by atoms with Gasteiger partial charge in [0.15, 0.2) is 5.96 Å². The van der Waals surface area contributed by atoms with Gasteiger partial charge in [-0.05, 0) is 32.1 Å². The number of nitrogens with two attached hydrogens (primary N) is 1. The number of aromatic nitrogens is 1. The van der Waals surface area contributed by atoms with E-state index < -0.39 is 0 Å². The predicted molar refractivity (Wildman–Crippen MR) is 83.1 cm³/mol. The van der Waals surface area contributed by atoms with Crippen molar-refractivity contribution in [3.05, 3.63) is 17.0 Å². The predicted octanol–water partition coefficient (Wildman–Crippen LogP) is 2.68. The van der Waals surface area contributed by atoms with Gasteiger partial charge in [0.2, 0.25) is 0 Å². The monoisotopic (exact) mass is 290 g/mol. The quantitative estimate of drug-likeness (QED) is 0.510. The molecule has 1 aromatic heterocycles. The highest BCUT2D eigenvalue weighted by Gasteiger charge is 2.19. The molecule has 0 aromatic carbocycles. The van der Waals surface area contributed by atoms with E-state index in [2.05, 4.69) is 15.5 Å². The second kappa shape index (κ2) is 6.96. The van der Waals surface area contributed by atoms with Crippen LogP contribution in [0.5, 0.6) is 0 Å². The second-order valence-electron chi connectivity index (χ2n) is 6.27. The minimum atomic E-state index is 0.488. The molecular formula is C16H26N4O. The number of guanidine groups is 1. The lowest BCUT2D eigenvalue weighted by Gasteiger charge is -2.16. The van der Waals surface area contributed by atoms with Gasteiger partial charge in [-0.25, -0.2) is 4.99 Å². The number of rotatable bonds is 3. The maximum absolute atomic E-state index is 6.03. The van der Waals surface area contributed by atoms with E-state index in [4.69, 9.17) is 10.3 Å². The second-order valence-corrected chi connectivity index (χ2v) is 6.27. The molecule has 0 amide bonds. The Labute approximate surface area is 126 Å². The van der Waals surface area contributed by atoms with Gasteiger partial charge in [-0.1, -0.05) is 30.8 Å². The van der Waals surface area contributed by atoms with Crippen LogP contribution >= 0.6 is 0 Å². The molecule has 0 unspecified atom stereocenters. The Kier molecular flexibility index (Phi) is 4.78.